The number of hydrogen-bond acceptors (Lipinski definition) is 5. The number of benzene rings is 1. The van der Waals surface area contributed by atoms with Gasteiger partial charge >= 0.3 is 5.97 Å². The first-order chi connectivity index (χ1) is 17.7. The molecule has 1 aliphatic carbocycles. The summed E-state index contributed by atoms with van der Waals surface area (Å²) in [4.78, 5) is 32.5. The lowest BCUT2D eigenvalue weighted by Gasteiger charge is -2.27. The topological polar surface area (TPSA) is 73.7 Å². The minimum Gasteiger partial charge on any atom is -0.465 e. The standard InChI is InChI=1S/C29H31N3O4/c1-35-29(34)21-7-8-23-25(16-21)32-18-22(28(33)31-11-13-36-14-12-31)15-20-9-10-30-17-24(20)27(32)26(23)19-5-3-2-4-6-19/h7-10,16-19H,2-6,11-15H2,1H3. The molecule has 1 amide bonds. The molecule has 0 spiro atoms. The first-order valence-electron chi connectivity index (χ1n) is 12.9. The van der Waals surface area contributed by atoms with Crippen LogP contribution in [0.4, 0.5) is 0 Å². The summed E-state index contributed by atoms with van der Waals surface area (Å²) in [7, 11) is 1.40. The molecule has 0 N–H and O–H groups in total. The summed E-state index contributed by atoms with van der Waals surface area (Å²) in [6.07, 6.45) is 12.3. The first-order valence-corrected chi connectivity index (χ1v) is 12.9. The number of hydrogen-bond donors (Lipinski definition) is 0. The Balaban J connectivity index is 1.61. The largest absolute Gasteiger partial charge is 0.465 e. The second-order valence-corrected chi connectivity index (χ2v) is 9.96. The number of esters is 1. The number of morpholine rings is 1. The van der Waals surface area contributed by atoms with Crippen LogP contribution in [-0.2, 0) is 20.7 Å². The molecule has 2 aromatic heterocycles. The maximum atomic E-state index is 13.7. The van der Waals surface area contributed by atoms with Crippen LogP contribution in [0.5, 0.6) is 0 Å². The summed E-state index contributed by atoms with van der Waals surface area (Å²) in [5, 5.41) is 1.13. The average Bonchev–Trinajstić information content (AvgIpc) is 3.15. The number of amides is 1. The number of fused-ring (bicyclic) bond motifs is 5. The first kappa shape index (κ1) is 23.0. The lowest BCUT2D eigenvalue weighted by Crippen LogP contribution is -2.41. The van der Waals surface area contributed by atoms with Crippen molar-refractivity contribution in [3.05, 3.63) is 58.9 Å². The predicted molar refractivity (Wildman–Crippen MR) is 138 cm³/mol. The summed E-state index contributed by atoms with van der Waals surface area (Å²) in [5.41, 5.74) is 6.75. The Hall–Kier alpha value is -3.45. The fourth-order valence-electron chi connectivity index (χ4n) is 6.09. The van der Waals surface area contributed by atoms with E-state index in [2.05, 4.69) is 15.6 Å². The van der Waals surface area contributed by atoms with Crippen LogP contribution in [-0.4, -0.2) is 59.7 Å². The molecule has 6 rings (SSSR count). The van der Waals surface area contributed by atoms with Gasteiger partial charge in [-0.15, -0.1) is 0 Å². The molecule has 0 unspecified atom stereocenters. The van der Waals surface area contributed by atoms with Crippen molar-refractivity contribution in [2.75, 3.05) is 33.4 Å². The van der Waals surface area contributed by atoms with E-state index >= 15 is 0 Å². The van der Waals surface area contributed by atoms with Crippen molar-refractivity contribution in [1.82, 2.24) is 14.5 Å². The van der Waals surface area contributed by atoms with Gasteiger partial charge in [0.15, 0.2) is 0 Å². The Morgan fingerprint density at radius 1 is 1.08 bits per heavy atom. The van der Waals surface area contributed by atoms with Crippen molar-refractivity contribution in [2.45, 2.75) is 44.4 Å². The molecule has 1 saturated heterocycles. The lowest BCUT2D eigenvalue weighted by atomic mass is 9.81. The van der Waals surface area contributed by atoms with Crippen LogP contribution in [0.25, 0.3) is 28.4 Å². The van der Waals surface area contributed by atoms with Gasteiger partial charge in [-0.2, -0.15) is 0 Å². The highest BCUT2D eigenvalue weighted by Crippen LogP contribution is 2.46. The summed E-state index contributed by atoms with van der Waals surface area (Å²) >= 11 is 0. The zero-order valence-electron chi connectivity index (χ0n) is 20.7. The van der Waals surface area contributed by atoms with Gasteiger partial charge in [-0.05, 0) is 48.1 Å². The van der Waals surface area contributed by atoms with Gasteiger partial charge in [-0.25, -0.2) is 4.79 Å². The molecule has 3 aromatic rings. The fraction of sp³-hybridized carbons (Fsp3) is 0.414. The molecule has 36 heavy (non-hydrogen) atoms. The van der Waals surface area contributed by atoms with Crippen LogP contribution in [0.3, 0.4) is 0 Å². The maximum absolute atomic E-state index is 13.7. The number of carbonyl (C=O) groups excluding carboxylic acids is 2. The third kappa shape index (κ3) is 3.91. The molecule has 7 heteroatoms. The van der Waals surface area contributed by atoms with Crippen LogP contribution < -0.4 is 0 Å². The van der Waals surface area contributed by atoms with E-state index in [-0.39, 0.29) is 11.9 Å². The summed E-state index contributed by atoms with van der Waals surface area (Å²) in [6.45, 7) is 2.31. The molecule has 186 valence electrons. The number of pyridine rings is 1. The molecule has 2 aliphatic heterocycles. The summed E-state index contributed by atoms with van der Waals surface area (Å²) in [5.74, 6) is 0.106. The van der Waals surface area contributed by atoms with E-state index in [9.17, 15) is 9.59 Å². The molecular formula is C29H31N3O4. The zero-order chi connectivity index (χ0) is 24.6. The minimum absolute atomic E-state index is 0.0408. The molecule has 0 atom stereocenters. The van der Waals surface area contributed by atoms with Gasteiger partial charge in [0.2, 0.25) is 0 Å². The third-order valence-corrected chi connectivity index (χ3v) is 7.88. The quantitative estimate of drug-likeness (QED) is 0.499. The van der Waals surface area contributed by atoms with E-state index in [0.29, 0.717) is 44.2 Å². The Labute approximate surface area is 210 Å². The molecule has 3 aliphatic rings. The van der Waals surface area contributed by atoms with E-state index in [1.807, 2.05) is 41.7 Å². The van der Waals surface area contributed by atoms with E-state index < -0.39 is 0 Å². The highest BCUT2D eigenvalue weighted by atomic mass is 16.5. The van der Waals surface area contributed by atoms with Crippen molar-refractivity contribution in [3.63, 3.8) is 0 Å². The smallest absolute Gasteiger partial charge is 0.337 e. The Morgan fingerprint density at radius 2 is 1.89 bits per heavy atom. The molecular weight excluding hydrogens is 454 g/mol. The van der Waals surface area contributed by atoms with Crippen LogP contribution >= 0.6 is 0 Å². The number of rotatable bonds is 3. The van der Waals surface area contributed by atoms with Crippen LogP contribution in [0.15, 0.2) is 42.2 Å². The van der Waals surface area contributed by atoms with Gasteiger partial charge in [0, 0.05) is 54.6 Å². The van der Waals surface area contributed by atoms with Crippen molar-refractivity contribution in [1.29, 1.82) is 0 Å². The fourth-order valence-corrected chi connectivity index (χ4v) is 6.09. The molecule has 4 heterocycles. The second kappa shape index (κ2) is 9.54. The van der Waals surface area contributed by atoms with Crippen molar-refractivity contribution in [3.8, 4) is 11.3 Å². The SMILES string of the molecule is COC(=O)c1ccc2c(C3CCCCC3)c3n(c2c1)C=C(C(=O)N1CCOCC1)Cc1ccncc1-3. The average molecular weight is 486 g/mol. The molecule has 0 radical (unpaired) electrons. The molecule has 1 saturated carbocycles. The van der Waals surface area contributed by atoms with Gasteiger partial charge in [-0.1, -0.05) is 25.3 Å². The third-order valence-electron chi connectivity index (χ3n) is 7.88. The molecule has 7 nitrogen and oxygen atoms in total. The van der Waals surface area contributed by atoms with E-state index in [1.54, 1.807) is 0 Å². The highest BCUT2D eigenvalue weighted by molar-refractivity contribution is 6.03. The molecule has 0 bridgehead atoms. The number of carbonyl (C=O) groups is 2. The van der Waals surface area contributed by atoms with Gasteiger partial charge in [0.05, 0.1) is 37.1 Å². The monoisotopic (exact) mass is 485 g/mol. The number of nitrogens with zero attached hydrogens (tertiary/aromatic N) is 3. The summed E-state index contributed by atoms with van der Waals surface area (Å²) in [6, 6.07) is 7.85. The van der Waals surface area contributed by atoms with Gasteiger partial charge in [0.25, 0.3) is 5.91 Å². The number of ether oxygens (including phenoxy) is 2. The van der Waals surface area contributed by atoms with Crippen LogP contribution in [0.2, 0.25) is 0 Å². The number of methoxy groups -OCH3 is 1. The van der Waals surface area contributed by atoms with Gasteiger partial charge in [-0.3, -0.25) is 9.78 Å². The Kier molecular flexibility index (Phi) is 6.09. The molecule has 2 fully saturated rings. The van der Waals surface area contributed by atoms with E-state index in [4.69, 9.17) is 9.47 Å². The van der Waals surface area contributed by atoms with E-state index in [0.717, 1.165) is 46.1 Å². The van der Waals surface area contributed by atoms with Crippen molar-refractivity contribution in [2.24, 2.45) is 0 Å². The maximum Gasteiger partial charge on any atom is 0.337 e. The van der Waals surface area contributed by atoms with Crippen molar-refractivity contribution < 1.29 is 19.1 Å². The Morgan fingerprint density at radius 3 is 2.67 bits per heavy atom. The van der Waals surface area contributed by atoms with Crippen LogP contribution in [0, 0.1) is 0 Å². The zero-order valence-corrected chi connectivity index (χ0v) is 20.7. The summed E-state index contributed by atoms with van der Waals surface area (Å²) < 4.78 is 12.6. The predicted octanol–water partition coefficient (Wildman–Crippen LogP) is 4.79. The number of aromatic nitrogens is 2. The Bertz CT molecular complexity index is 1360. The highest BCUT2D eigenvalue weighted by Gasteiger charge is 2.31. The van der Waals surface area contributed by atoms with Gasteiger partial charge < -0.3 is 18.9 Å². The normalized spacial score (nSPS) is 18.2. The van der Waals surface area contributed by atoms with Crippen LogP contribution in [0.1, 0.15) is 59.5 Å². The second-order valence-electron chi connectivity index (χ2n) is 9.96. The minimum atomic E-state index is -0.365. The lowest BCUT2D eigenvalue weighted by molar-refractivity contribution is -0.131. The van der Waals surface area contributed by atoms with Gasteiger partial charge in [0.1, 0.15) is 0 Å². The molecule has 1 aromatic carbocycles. The van der Waals surface area contributed by atoms with E-state index in [1.165, 1.54) is 31.9 Å². The van der Waals surface area contributed by atoms with Crippen molar-refractivity contribution >= 4 is 29.0 Å².